The molecule has 0 aromatic heterocycles. The van der Waals surface area contributed by atoms with E-state index in [1.807, 2.05) is 0 Å². The number of aryl methyl sites for hydroxylation is 1. The van der Waals surface area contributed by atoms with Gasteiger partial charge in [0, 0.05) is 25.7 Å². The summed E-state index contributed by atoms with van der Waals surface area (Å²) in [5.41, 5.74) is 0.671. The van der Waals surface area contributed by atoms with Crippen LogP contribution in [0.4, 0.5) is 13.2 Å². The van der Waals surface area contributed by atoms with Crippen molar-refractivity contribution in [2.45, 2.75) is 13.0 Å². The molecule has 3 rings (SSSR count). The van der Waals surface area contributed by atoms with E-state index in [2.05, 4.69) is 5.32 Å². The van der Waals surface area contributed by atoms with Crippen LogP contribution in [0.25, 0.3) is 0 Å². The van der Waals surface area contributed by atoms with E-state index in [0.717, 1.165) is 6.07 Å². The van der Waals surface area contributed by atoms with Crippen molar-refractivity contribution in [1.82, 2.24) is 10.2 Å². The monoisotopic (exact) mass is 334 g/mol. The zero-order valence-electron chi connectivity index (χ0n) is 13.2. The molecule has 1 unspecified atom stereocenters. The third-order valence-corrected chi connectivity index (χ3v) is 4.22. The molecule has 1 saturated heterocycles. The van der Waals surface area contributed by atoms with Crippen LogP contribution in [0.2, 0.25) is 0 Å². The van der Waals surface area contributed by atoms with Gasteiger partial charge in [-0.2, -0.15) is 0 Å². The molecule has 6 heteroatoms. The SMILES string of the molecule is Cc1cc(C(=O)N2CCNCC2c2cccc(F)c2)c(F)cc1F. The third kappa shape index (κ3) is 3.14. The molecule has 0 saturated carbocycles. The van der Waals surface area contributed by atoms with Crippen molar-refractivity contribution in [3.63, 3.8) is 0 Å². The number of carbonyl (C=O) groups excluding carboxylic acids is 1. The molecule has 0 bridgehead atoms. The van der Waals surface area contributed by atoms with Gasteiger partial charge in [0.2, 0.25) is 0 Å². The standard InChI is InChI=1S/C18H17F3N2O/c1-11-7-14(16(21)9-15(11)20)18(24)23-6-5-22-10-17(23)12-3-2-4-13(19)8-12/h2-4,7-9,17,22H,5-6,10H2,1H3. The molecule has 1 aliphatic heterocycles. The zero-order valence-corrected chi connectivity index (χ0v) is 13.2. The highest BCUT2D eigenvalue weighted by atomic mass is 19.1. The normalized spacial score (nSPS) is 17.8. The molecule has 1 heterocycles. The van der Waals surface area contributed by atoms with Crippen LogP contribution < -0.4 is 5.32 Å². The van der Waals surface area contributed by atoms with E-state index < -0.39 is 29.4 Å². The highest BCUT2D eigenvalue weighted by Crippen LogP contribution is 2.26. The largest absolute Gasteiger partial charge is 0.329 e. The lowest BCUT2D eigenvalue weighted by molar-refractivity contribution is 0.0629. The molecule has 1 atom stereocenters. The van der Waals surface area contributed by atoms with Crippen molar-refractivity contribution in [2.75, 3.05) is 19.6 Å². The highest BCUT2D eigenvalue weighted by molar-refractivity contribution is 5.95. The fourth-order valence-corrected chi connectivity index (χ4v) is 2.93. The van der Waals surface area contributed by atoms with Gasteiger partial charge in [-0.05, 0) is 36.2 Å². The molecule has 0 spiro atoms. The predicted octanol–water partition coefficient (Wildman–Crippen LogP) is 3.20. The number of hydrogen-bond donors (Lipinski definition) is 1. The fraction of sp³-hybridized carbons (Fsp3) is 0.278. The third-order valence-electron chi connectivity index (χ3n) is 4.22. The van der Waals surface area contributed by atoms with Crippen LogP contribution in [-0.2, 0) is 0 Å². The predicted molar refractivity (Wildman–Crippen MR) is 84.1 cm³/mol. The number of hydrogen-bond acceptors (Lipinski definition) is 2. The van der Waals surface area contributed by atoms with E-state index >= 15 is 0 Å². The minimum Gasteiger partial charge on any atom is -0.329 e. The van der Waals surface area contributed by atoms with Crippen LogP contribution in [0.1, 0.15) is 27.5 Å². The molecule has 3 nitrogen and oxygen atoms in total. The maximum atomic E-state index is 14.1. The first-order valence-electron chi connectivity index (χ1n) is 7.70. The van der Waals surface area contributed by atoms with E-state index in [0.29, 0.717) is 25.2 Å². The van der Waals surface area contributed by atoms with E-state index in [9.17, 15) is 18.0 Å². The lowest BCUT2D eigenvalue weighted by Gasteiger charge is -2.36. The Morgan fingerprint density at radius 2 is 1.96 bits per heavy atom. The molecule has 0 radical (unpaired) electrons. The Kier molecular flexibility index (Phi) is 4.57. The van der Waals surface area contributed by atoms with Gasteiger partial charge in [-0.15, -0.1) is 0 Å². The highest BCUT2D eigenvalue weighted by Gasteiger charge is 2.30. The molecular formula is C18H17F3N2O. The minimum absolute atomic E-state index is 0.169. The average molecular weight is 334 g/mol. The fourth-order valence-electron chi connectivity index (χ4n) is 2.93. The molecule has 2 aromatic carbocycles. The van der Waals surface area contributed by atoms with Crippen molar-refractivity contribution in [3.8, 4) is 0 Å². The van der Waals surface area contributed by atoms with Gasteiger partial charge in [0.1, 0.15) is 17.5 Å². The van der Waals surface area contributed by atoms with Crippen LogP contribution in [0, 0.1) is 24.4 Å². The summed E-state index contributed by atoms with van der Waals surface area (Å²) in [6.07, 6.45) is 0. The second-order valence-corrected chi connectivity index (χ2v) is 5.85. The lowest BCUT2D eigenvalue weighted by atomic mass is 10.0. The van der Waals surface area contributed by atoms with Crippen LogP contribution in [0.3, 0.4) is 0 Å². The van der Waals surface area contributed by atoms with Gasteiger partial charge in [0.05, 0.1) is 11.6 Å². The quantitative estimate of drug-likeness (QED) is 0.915. The Bertz CT molecular complexity index is 779. The van der Waals surface area contributed by atoms with E-state index in [1.54, 1.807) is 12.1 Å². The molecule has 126 valence electrons. The Balaban J connectivity index is 1.96. The number of rotatable bonds is 2. The number of nitrogens with one attached hydrogen (secondary N) is 1. The summed E-state index contributed by atoms with van der Waals surface area (Å²) < 4.78 is 41.0. The number of amides is 1. The Morgan fingerprint density at radius 1 is 1.17 bits per heavy atom. The Morgan fingerprint density at radius 3 is 2.71 bits per heavy atom. The molecule has 0 aliphatic carbocycles. The van der Waals surface area contributed by atoms with Crippen molar-refractivity contribution in [3.05, 3.63) is 70.5 Å². The summed E-state index contributed by atoms with van der Waals surface area (Å²) in [5, 5.41) is 3.15. The van der Waals surface area contributed by atoms with Gasteiger partial charge in [0.25, 0.3) is 5.91 Å². The molecule has 1 amide bonds. The van der Waals surface area contributed by atoms with Crippen molar-refractivity contribution < 1.29 is 18.0 Å². The van der Waals surface area contributed by atoms with Crippen molar-refractivity contribution in [2.24, 2.45) is 0 Å². The van der Waals surface area contributed by atoms with Crippen LogP contribution in [-0.4, -0.2) is 30.4 Å². The van der Waals surface area contributed by atoms with Crippen LogP contribution in [0.15, 0.2) is 36.4 Å². The van der Waals surface area contributed by atoms with E-state index in [4.69, 9.17) is 0 Å². The topological polar surface area (TPSA) is 32.3 Å². The second kappa shape index (κ2) is 6.65. The molecule has 1 N–H and O–H groups in total. The van der Waals surface area contributed by atoms with E-state index in [-0.39, 0.29) is 11.1 Å². The summed E-state index contributed by atoms with van der Waals surface area (Å²) in [6, 6.07) is 7.53. The number of halogens is 3. The Labute approximate surface area is 138 Å². The molecule has 24 heavy (non-hydrogen) atoms. The first-order chi connectivity index (χ1) is 11.5. The number of piperazine rings is 1. The zero-order chi connectivity index (χ0) is 17.3. The summed E-state index contributed by atoms with van der Waals surface area (Å²) in [7, 11) is 0. The van der Waals surface area contributed by atoms with Crippen LogP contribution >= 0.6 is 0 Å². The second-order valence-electron chi connectivity index (χ2n) is 5.85. The maximum Gasteiger partial charge on any atom is 0.257 e. The van der Waals surface area contributed by atoms with Gasteiger partial charge < -0.3 is 10.2 Å². The molecule has 1 aliphatic rings. The summed E-state index contributed by atoms with van der Waals surface area (Å²) in [4.78, 5) is 14.3. The number of benzene rings is 2. The molecular weight excluding hydrogens is 317 g/mol. The maximum absolute atomic E-state index is 14.1. The summed E-state index contributed by atoms with van der Waals surface area (Å²) >= 11 is 0. The van der Waals surface area contributed by atoms with Gasteiger partial charge in [0.15, 0.2) is 0 Å². The number of nitrogens with zero attached hydrogens (tertiary/aromatic N) is 1. The average Bonchev–Trinajstić information content (AvgIpc) is 2.57. The van der Waals surface area contributed by atoms with Gasteiger partial charge in [-0.25, -0.2) is 13.2 Å². The van der Waals surface area contributed by atoms with Gasteiger partial charge >= 0.3 is 0 Å². The summed E-state index contributed by atoms with van der Waals surface area (Å²) in [5.74, 6) is -2.49. The van der Waals surface area contributed by atoms with Gasteiger partial charge in [-0.1, -0.05) is 12.1 Å². The first-order valence-corrected chi connectivity index (χ1v) is 7.70. The molecule has 2 aromatic rings. The number of carbonyl (C=O) groups is 1. The smallest absolute Gasteiger partial charge is 0.257 e. The first kappa shape index (κ1) is 16.5. The van der Waals surface area contributed by atoms with Gasteiger partial charge in [-0.3, -0.25) is 4.79 Å². The van der Waals surface area contributed by atoms with E-state index in [1.165, 1.54) is 30.0 Å². The molecule has 1 fully saturated rings. The van der Waals surface area contributed by atoms with Crippen LogP contribution in [0.5, 0.6) is 0 Å². The van der Waals surface area contributed by atoms with Crippen molar-refractivity contribution >= 4 is 5.91 Å². The lowest BCUT2D eigenvalue weighted by Crippen LogP contribution is -2.49. The van der Waals surface area contributed by atoms with Crippen molar-refractivity contribution in [1.29, 1.82) is 0 Å². The Hall–Kier alpha value is -2.34. The summed E-state index contributed by atoms with van der Waals surface area (Å²) in [6.45, 7) is 2.83. The minimum atomic E-state index is -0.889.